The first-order valence-electron chi connectivity index (χ1n) is 12.2. The van der Waals surface area contributed by atoms with E-state index in [1.54, 1.807) is 4.90 Å². The van der Waals surface area contributed by atoms with Crippen LogP contribution in [0.25, 0.3) is 10.9 Å². The summed E-state index contributed by atoms with van der Waals surface area (Å²) in [6.07, 6.45) is 1.20. The highest BCUT2D eigenvalue weighted by Crippen LogP contribution is 2.48. The van der Waals surface area contributed by atoms with Gasteiger partial charge in [-0.15, -0.1) is 0 Å². The minimum absolute atomic E-state index is 0.115. The third-order valence-electron chi connectivity index (χ3n) is 7.05. The van der Waals surface area contributed by atoms with Crippen LogP contribution in [0.3, 0.4) is 0 Å². The van der Waals surface area contributed by atoms with Crippen molar-refractivity contribution in [3.05, 3.63) is 65.4 Å². The minimum Gasteiger partial charge on any atom is -0.494 e. The van der Waals surface area contributed by atoms with E-state index in [1.807, 2.05) is 69.3 Å². The number of benzene rings is 2. The van der Waals surface area contributed by atoms with Gasteiger partial charge in [-0.05, 0) is 62.7 Å². The molecule has 178 valence electrons. The molecule has 5 rings (SSSR count). The topological polar surface area (TPSA) is 77.7 Å². The van der Waals surface area contributed by atoms with Crippen molar-refractivity contribution in [1.29, 1.82) is 0 Å². The zero-order valence-corrected chi connectivity index (χ0v) is 20.1. The maximum Gasteiger partial charge on any atom is 0.328 e. The van der Waals surface area contributed by atoms with Crippen molar-refractivity contribution in [1.82, 2.24) is 20.1 Å². The molecule has 2 aromatic carbocycles. The Bertz CT molecular complexity index is 1220. The normalized spacial score (nSPS) is 21.8. The number of carbonyl (C=O) groups is 2. The predicted molar refractivity (Wildman–Crippen MR) is 132 cm³/mol. The number of nitrogens with zero attached hydrogens (tertiary/aromatic N) is 2. The molecule has 34 heavy (non-hydrogen) atoms. The number of hydrogen-bond donors (Lipinski definition) is 2. The van der Waals surface area contributed by atoms with Gasteiger partial charge in [-0.25, -0.2) is 4.79 Å². The fourth-order valence-corrected chi connectivity index (χ4v) is 5.47. The van der Waals surface area contributed by atoms with Crippen molar-refractivity contribution in [3.8, 4) is 5.75 Å². The zero-order valence-electron chi connectivity index (χ0n) is 20.1. The van der Waals surface area contributed by atoms with Gasteiger partial charge in [0.2, 0.25) is 0 Å². The van der Waals surface area contributed by atoms with E-state index in [0.29, 0.717) is 19.6 Å². The number of carbonyl (C=O) groups excluding carboxylic acids is 2. The number of fused-ring (bicyclic) bond motifs is 4. The molecule has 3 heterocycles. The highest BCUT2D eigenvalue weighted by atomic mass is 16.5. The molecular weight excluding hydrogens is 428 g/mol. The Hall–Kier alpha value is -3.32. The van der Waals surface area contributed by atoms with Gasteiger partial charge in [0, 0.05) is 29.6 Å². The van der Waals surface area contributed by atoms with Gasteiger partial charge in [0.05, 0.1) is 6.61 Å². The van der Waals surface area contributed by atoms with E-state index in [2.05, 4.69) is 10.3 Å². The third kappa shape index (κ3) is 3.46. The lowest BCUT2D eigenvalue weighted by Gasteiger charge is -2.42. The molecule has 1 aromatic heterocycles. The molecule has 7 nitrogen and oxygen atoms in total. The van der Waals surface area contributed by atoms with Crippen LogP contribution >= 0.6 is 0 Å². The van der Waals surface area contributed by atoms with Gasteiger partial charge < -0.3 is 15.0 Å². The summed E-state index contributed by atoms with van der Waals surface area (Å²) in [5.74, 6) is 0.690. The first-order chi connectivity index (χ1) is 16.5. The van der Waals surface area contributed by atoms with Crippen molar-refractivity contribution in [2.45, 2.75) is 45.2 Å². The quantitative estimate of drug-likeness (QED) is 0.390. The standard InChI is InChI=1S/C27H32N4O3/c1-4-28-14-9-15-30-25(32)27(3)17-21-20-16-19(34-5-2)12-13-22(20)29-23(21)24(31(27)26(30)33)18-10-7-6-8-11-18/h6-8,10-13,16,24,28-29H,4-5,9,14-15,17H2,1-3H3/t24-,27+/m1/s1. The summed E-state index contributed by atoms with van der Waals surface area (Å²) in [6, 6.07) is 15.4. The average molecular weight is 461 g/mol. The molecule has 3 amide bonds. The molecule has 3 aromatic rings. The Balaban J connectivity index is 1.62. The molecule has 0 unspecified atom stereocenters. The summed E-state index contributed by atoms with van der Waals surface area (Å²) >= 11 is 0. The summed E-state index contributed by atoms with van der Waals surface area (Å²) in [6.45, 7) is 8.58. The Kier molecular flexibility index (Phi) is 5.81. The summed E-state index contributed by atoms with van der Waals surface area (Å²) in [7, 11) is 0. The molecule has 7 heteroatoms. The molecule has 0 aliphatic carbocycles. The zero-order chi connectivity index (χ0) is 23.9. The second-order valence-electron chi connectivity index (χ2n) is 9.24. The van der Waals surface area contributed by atoms with Crippen molar-refractivity contribution >= 4 is 22.8 Å². The van der Waals surface area contributed by atoms with Crippen molar-refractivity contribution < 1.29 is 14.3 Å². The van der Waals surface area contributed by atoms with Crippen LogP contribution in [0.1, 0.15) is 50.1 Å². The van der Waals surface area contributed by atoms with Crippen LogP contribution in [0.5, 0.6) is 5.75 Å². The fraction of sp³-hybridized carbons (Fsp3) is 0.407. The maximum absolute atomic E-state index is 13.8. The summed E-state index contributed by atoms with van der Waals surface area (Å²) in [5.41, 5.74) is 3.09. The van der Waals surface area contributed by atoms with Gasteiger partial charge in [0.15, 0.2) is 0 Å². The van der Waals surface area contributed by atoms with E-state index in [-0.39, 0.29) is 18.0 Å². The highest BCUT2D eigenvalue weighted by molar-refractivity contribution is 6.08. The van der Waals surface area contributed by atoms with Crippen LogP contribution in [-0.4, -0.2) is 58.5 Å². The number of imide groups is 1. The number of amides is 3. The number of nitrogens with one attached hydrogen (secondary N) is 2. The summed E-state index contributed by atoms with van der Waals surface area (Å²) in [5, 5.41) is 4.32. The molecule has 2 atom stereocenters. The number of hydrogen-bond acceptors (Lipinski definition) is 4. The van der Waals surface area contributed by atoms with Gasteiger partial charge in [-0.3, -0.25) is 14.6 Å². The predicted octanol–water partition coefficient (Wildman–Crippen LogP) is 4.23. The van der Waals surface area contributed by atoms with Crippen molar-refractivity contribution in [2.75, 3.05) is 26.2 Å². The largest absolute Gasteiger partial charge is 0.494 e. The Morgan fingerprint density at radius 1 is 1.15 bits per heavy atom. The van der Waals surface area contributed by atoms with Crippen molar-refractivity contribution in [3.63, 3.8) is 0 Å². The lowest BCUT2D eigenvalue weighted by molar-refractivity contribution is -0.133. The third-order valence-corrected chi connectivity index (χ3v) is 7.05. The second-order valence-corrected chi connectivity index (χ2v) is 9.24. The molecule has 0 radical (unpaired) electrons. The first kappa shape index (κ1) is 22.5. The lowest BCUT2D eigenvalue weighted by Crippen LogP contribution is -2.53. The van der Waals surface area contributed by atoms with Crippen LogP contribution in [0.2, 0.25) is 0 Å². The maximum atomic E-state index is 13.8. The molecule has 0 saturated carbocycles. The van der Waals surface area contributed by atoms with E-state index in [1.165, 1.54) is 4.90 Å². The van der Waals surface area contributed by atoms with Crippen LogP contribution in [0.15, 0.2) is 48.5 Å². The van der Waals surface area contributed by atoms with Gasteiger partial charge in [-0.2, -0.15) is 0 Å². The number of aromatic nitrogens is 1. The Labute approximate surface area is 200 Å². The number of ether oxygens (including phenoxy) is 1. The van der Waals surface area contributed by atoms with E-state index in [9.17, 15) is 9.59 Å². The average Bonchev–Trinajstić information content (AvgIpc) is 3.28. The molecule has 1 fully saturated rings. The Morgan fingerprint density at radius 2 is 1.94 bits per heavy atom. The molecule has 2 aliphatic heterocycles. The summed E-state index contributed by atoms with van der Waals surface area (Å²) in [4.78, 5) is 34.3. The van der Waals surface area contributed by atoms with E-state index in [4.69, 9.17) is 4.74 Å². The fourth-order valence-electron chi connectivity index (χ4n) is 5.47. The van der Waals surface area contributed by atoms with E-state index >= 15 is 0 Å². The van der Waals surface area contributed by atoms with E-state index < -0.39 is 5.54 Å². The number of aromatic amines is 1. The van der Waals surface area contributed by atoms with E-state index in [0.717, 1.165) is 53.0 Å². The van der Waals surface area contributed by atoms with Crippen LogP contribution in [0.4, 0.5) is 4.79 Å². The first-order valence-corrected chi connectivity index (χ1v) is 12.2. The Morgan fingerprint density at radius 3 is 2.68 bits per heavy atom. The summed E-state index contributed by atoms with van der Waals surface area (Å²) < 4.78 is 5.76. The number of rotatable bonds is 8. The van der Waals surface area contributed by atoms with Gasteiger partial charge in [0.25, 0.3) is 5.91 Å². The minimum atomic E-state index is -0.945. The highest BCUT2D eigenvalue weighted by Gasteiger charge is 2.59. The molecule has 0 bridgehead atoms. The van der Waals surface area contributed by atoms with Crippen molar-refractivity contribution in [2.24, 2.45) is 0 Å². The SMILES string of the molecule is CCNCCCN1C(=O)N2[C@H](c3ccccc3)c3[nH]c4ccc(OCC)cc4c3C[C@@]2(C)C1=O. The van der Waals surface area contributed by atoms with Crippen LogP contribution in [0, 0.1) is 0 Å². The molecule has 1 saturated heterocycles. The number of urea groups is 1. The number of H-pyrrole nitrogens is 1. The smallest absolute Gasteiger partial charge is 0.328 e. The lowest BCUT2D eigenvalue weighted by atomic mass is 9.81. The van der Waals surface area contributed by atoms with Gasteiger partial charge in [0.1, 0.15) is 17.3 Å². The monoisotopic (exact) mass is 460 g/mol. The molecule has 0 spiro atoms. The van der Waals surface area contributed by atoms with Crippen LogP contribution in [-0.2, 0) is 11.2 Å². The van der Waals surface area contributed by atoms with Gasteiger partial charge >= 0.3 is 6.03 Å². The van der Waals surface area contributed by atoms with Crippen LogP contribution < -0.4 is 10.1 Å². The molecule has 2 N–H and O–H groups in total. The molecule has 2 aliphatic rings. The van der Waals surface area contributed by atoms with Gasteiger partial charge in [-0.1, -0.05) is 37.3 Å². The second kappa shape index (κ2) is 8.80. The molecular formula is C27H32N4O3.